The number of aromatic nitrogens is 4. The molecule has 0 radical (unpaired) electrons. The molecule has 8 heteroatoms. The first kappa shape index (κ1) is 22.8. The van der Waals surface area contributed by atoms with E-state index in [0.29, 0.717) is 36.8 Å². The molecule has 1 saturated heterocycles. The molecular weight excluding hydrogens is 464 g/mol. The SMILES string of the molecule is O=C(NCc1ccn2ccnc2c1)c1ccc(C2CCN(C(=O)c3cnc4ccccc4n3)CC2)cc1. The van der Waals surface area contributed by atoms with Gasteiger partial charge < -0.3 is 14.6 Å². The number of likely N-dealkylation sites (tertiary alicyclic amines) is 1. The number of nitrogens with zero attached hydrogens (tertiary/aromatic N) is 5. The summed E-state index contributed by atoms with van der Waals surface area (Å²) in [6.07, 6.45) is 8.88. The minimum absolute atomic E-state index is 0.0735. The number of amides is 2. The van der Waals surface area contributed by atoms with Crippen LogP contribution in [0.4, 0.5) is 0 Å². The van der Waals surface area contributed by atoms with Gasteiger partial charge in [-0.3, -0.25) is 14.6 Å². The third-order valence-corrected chi connectivity index (χ3v) is 7.01. The second kappa shape index (κ2) is 9.81. The van der Waals surface area contributed by atoms with Crippen LogP contribution >= 0.6 is 0 Å². The van der Waals surface area contributed by atoms with Crippen molar-refractivity contribution < 1.29 is 9.59 Å². The molecule has 1 aliphatic heterocycles. The maximum atomic E-state index is 13.0. The van der Waals surface area contributed by atoms with Crippen molar-refractivity contribution in [3.63, 3.8) is 0 Å². The standard InChI is InChI=1S/C29H26N6O2/c36-28(32-18-20-9-13-34-16-12-30-27(34)17-20)23-7-5-21(6-8-23)22-10-14-35(15-11-22)29(37)26-19-31-24-3-1-2-4-25(24)33-26/h1-9,12-13,16-17,19,22H,10-11,14-15,18H2,(H,32,36). The zero-order valence-electron chi connectivity index (χ0n) is 20.2. The van der Waals surface area contributed by atoms with Crippen LogP contribution in [-0.4, -0.2) is 49.2 Å². The number of hydrogen-bond donors (Lipinski definition) is 1. The fraction of sp³-hybridized carbons (Fsp3) is 0.207. The molecule has 0 aliphatic carbocycles. The topological polar surface area (TPSA) is 92.5 Å². The number of fused-ring (bicyclic) bond motifs is 2. The van der Waals surface area contributed by atoms with Crippen LogP contribution in [0.3, 0.4) is 0 Å². The van der Waals surface area contributed by atoms with Crippen LogP contribution in [0.5, 0.6) is 0 Å². The predicted octanol–water partition coefficient (Wildman–Crippen LogP) is 4.23. The highest BCUT2D eigenvalue weighted by Crippen LogP contribution is 2.29. The molecule has 0 saturated carbocycles. The molecular formula is C29H26N6O2. The number of benzene rings is 2. The number of carbonyl (C=O) groups is 2. The lowest BCUT2D eigenvalue weighted by molar-refractivity contribution is 0.0706. The highest BCUT2D eigenvalue weighted by Gasteiger charge is 2.25. The molecule has 2 amide bonds. The van der Waals surface area contributed by atoms with Gasteiger partial charge in [-0.15, -0.1) is 0 Å². The Bertz CT molecular complexity index is 1590. The summed E-state index contributed by atoms with van der Waals surface area (Å²) in [5.74, 6) is 0.174. The summed E-state index contributed by atoms with van der Waals surface area (Å²) in [6.45, 7) is 1.78. The quantitative estimate of drug-likeness (QED) is 0.398. The summed E-state index contributed by atoms with van der Waals surface area (Å²) in [5.41, 5.74) is 5.58. The van der Waals surface area contributed by atoms with Crippen molar-refractivity contribution in [2.75, 3.05) is 13.1 Å². The number of rotatable bonds is 5. The van der Waals surface area contributed by atoms with Crippen LogP contribution in [0.15, 0.2) is 85.5 Å². The summed E-state index contributed by atoms with van der Waals surface area (Å²) in [5, 5.41) is 2.98. The molecule has 184 valence electrons. The molecule has 37 heavy (non-hydrogen) atoms. The first-order valence-corrected chi connectivity index (χ1v) is 12.4. The van der Waals surface area contributed by atoms with Crippen LogP contribution in [-0.2, 0) is 6.54 Å². The van der Waals surface area contributed by atoms with Gasteiger partial charge in [-0.1, -0.05) is 24.3 Å². The molecule has 5 aromatic rings. The molecule has 0 atom stereocenters. The van der Waals surface area contributed by atoms with Crippen LogP contribution in [0.1, 0.15) is 50.7 Å². The third-order valence-electron chi connectivity index (χ3n) is 7.01. The highest BCUT2D eigenvalue weighted by atomic mass is 16.2. The number of carbonyl (C=O) groups excluding carboxylic acids is 2. The summed E-state index contributed by atoms with van der Waals surface area (Å²) >= 11 is 0. The Morgan fingerprint density at radius 3 is 2.51 bits per heavy atom. The van der Waals surface area contributed by atoms with Crippen molar-refractivity contribution in [1.29, 1.82) is 0 Å². The maximum absolute atomic E-state index is 13.0. The Morgan fingerprint density at radius 2 is 1.70 bits per heavy atom. The average molecular weight is 491 g/mol. The van der Waals surface area contributed by atoms with Crippen LogP contribution < -0.4 is 5.32 Å². The Morgan fingerprint density at radius 1 is 0.919 bits per heavy atom. The molecule has 4 heterocycles. The van der Waals surface area contributed by atoms with Crippen molar-refractivity contribution in [3.8, 4) is 0 Å². The maximum Gasteiger partial charge on any atom is 0.274 e. The van der Waals surface area contributed by atoms with E-state index in [0.717, 1.165) is 35.1 Å². The minimum atomic E-state index is -0.105. The lowest BCUT2D eigenvalue weighted by Crippen LogP contribution is -2.38. The largest absolute Gasteiger partial charge is 0.348 e. The summed E-state index contributed by atoms with van der Waals surface area (Å²) < 4.78 is 1.93. The van der Waals surface area contributed by atoms with E-state index in [1.54, 1.807) is 12.4 Å². The lowest BCUT2D eigenvalue weighted by Gasteiger charge is -2.32. The van der Waals surface area contributed by atoms with Gasteiger partial charge in [-0.2, -0.15) is 0 Å². The van der Waals surface area contributed by atoms with Crippen molar-refractivity contribution in [2.45, 2.75) is 25.3 Å². The number of nitrogens with one attached hydrogen (secondary N) is 1. The minimum Gasteiger partial charge on any atom is -0.348 e. The molecule has 0 spiro atoms. The van der Waals surface area contributed by atoms with Crippen molar-refractivity contribution in [3.05, 3.63) is 108 Å². The summed E-state index contributed by atoms with van der Waals surface area (Å²) in [4.78, 5) is 40.7. The molecule has 0 bridgehead atoms. The van der Waals surface area contributed by atoms with Gasteiger partial charge in [0.2, 0.25) is 0 Å². The van der Waals surface area contributed by atoms with Gasteiger partial charge in [0.1, 0.15) is 11.3 Å². The van der Waals surface area contributed by atoms with E-state index in [-0.39, 0.29) is 11.8 Å². The van der Waals surface area contributed by atoms with Crippen molar-refractivity contribution in [1.82, 2.24) is 29.6 Å². The van der Waals surface area contributed by atoms with E-state index >= 15 is 0 Å². The number of hydrogen-bond acceptors (Lipinski definition) is 5. The number of imidazole rings is 1. The van der Waals surface area contributed by atoms with Gasteiger partial charge in [0.05, 0.1) is 17.2 Å². The van der Waals surface area contributed by atoms with E-state index in [1.165, 1.54) is 5.56 Å². The van der Waals surface area contributed by atoms with E-state index in [9.17, 15) is 9.59 Å². The second-order valence-corrected chi connectivity index (χ2v) is 9.34. The normalized spacial score (nSPS) is 14.2. The molecule has 3 aromatic heterocycles. The van der Waals surface area contributed by atoms with Gasteiger partial charge in [-0.25, -0.2) is 9.97 Å². The molecule has 0 unspecified atom stereocenters. The molecule has 1 aliphatic rings. The van der Waals surface area contributed by atoms with Gasteiger partial charge in [0.25, 0.3) is 11.8 Å². The van der Waals surface area contributed by atoms with Crippen molar-refractivity contribution in [2.24, 2.45) is 0 Å². The van der Waals surface area contributed by atoms with Crippen LogP contribution in [0, 0.1) is 0 Å². The third kappa shape index (κ3) is 4.78. The van der Waals surface area contributed by atoms with Crippen LogP contribution in [0.2, 0.25) is 0 Å². The Hall–Kier alpha value is -4.59. The van der Waals surface area contributed by atoms with Gasteiger partial charge in [0.15, 0.2) is 0 Å². The smallest absolute Gasteiger partial charge is 0.274 e. The highest BCUT2D eigenvalue weighted by molar-refractivity contribution is 5.94. The first-order valence-electron chi connectivity index (χ1n) is 12.4. The van der Waals surface area contributed by atoms with E-state index < -0.39 is 0 Å². The first-order chi connectivity index (χ1) is 18.1. The summed E-state index contributed by atoms with van der Waals surface area (Å²) in [7, 11) is 0. The Labute approximate surface area is 214 Å². The molecule has 8 nitrogen and oxygen atoms in total. The number of para-hydroxylation sites is 2. The molecule has 2 aromatic carbocycles. The van der Waals surface area contributed by atoms with Gasteiger partial charge in [-0.05, 0) is 66.3 Å². The van der Waals surface area contributed by atoms with Crippen molar-refractivity contribution >= 4 is 28.5 Å². The fourth-order valence-corrected chi connectivity index (χ4v) is 4.89. The molecule has 1 N–H and O–H groups in total. The molecule has 6 rings (SSSR count). The van der Waals surface area contributed by atoms with E-state index in [2.05, 4.69) is 20.3 Å². The van der Waals surface area contributed by atoms with E-state index in [1.807, 2.05) is 82.4 Å². The predicted molar refractivity (Wildman–Crippen MR) is 140 cm³/mol. The summed E-state index contributed by atoms with van der Waals surface area (Å²) in [6, 6.07) is 19.3. The molecule has 1 fully saturated rings. The zero-order chi connectivity index (χ0) is 25.2. The second-order valence-electron chi connectivity index (χ2n) is 9.34. The van der Waals surface area contributed by atoms with Crippen LogP contribution in [0.25, 0.3) is 16.7 Å². The fourth-order valence-electron chi connectivity index (χ4n) is 4.89. The zero-order valence-corrected chi connectivity index (χ0v) is 20.2. The Kier molecular flexibility index (Phi) is 6.06. The van der Waals surface area contributed by atoms with Gasteiger partial charge >= 0.3 is 0 Å². The number of piperidine rings is 1. The average Bonchev–Trinajstić information content (AvgIpc) is 3.43. The monoisotopic (exact) mass is 490 g/mol. The number of pyridine rings is 1. The Balaban J connectivity index is 1.04. The lowest BCUT2D eigenvalue weighted by atomic mass is 9.89. The van der Waals surface area contributed by atoms with E-state index in [4.69, 9.17) is 0 Å². The van der Waals surface area contributed by atoms with Gasteiger partial charge in [0, 0.05) is 43.8 Å².